The molecule has 2 aromatic rings. The van der Waals surface area contributed by atoms with Crippen molar-refractivity contribution in [3.63, 3.8) is 0 Å². The summed E-state index contributed by atoms with van der Waals surface area (Å²) in [5, 5.41) is 11.9. The van der Waals surface area contributed by atoms with Crippen LogP contribution >= 0.6 is 11.6 Å². The van der Waals surface area contributed by atoms with Crippen LogP contribution < -0.4 is 5.32 Å². The fraction of sp³-hybridized carbons (Fsp3) is 0.0667. The monoisotopic (exact) mass is 288 g/mol. The van der Waals surface area contributed by atoms with Gasteiger partial charge in [0.1, 0.15) is 11.9 Å². The minimum absolute atomic E-state index is 0.115. The number of nitriles is 1. The number of amides is 1. The molecule has 0 aliphatic carbocycles. The molecule has 1 amide bonds. The first kappa shape index (κ1) is 14.0. The van der Waals surface area contributed by atoms with Crippen LogP contribution in [-0.2, 0) is 0 Å². The summed E-state index contributed by atoms with van der Waals surface area (Å²) in [5.74, 6) is -0.956. The lowest BCUT2D eigenvalue weighted by atomic mass is 10.1. The number of carbonyl (C=O) groups excluding carboxylic acids is 1. The zero-order valence-electron chi connectivity index (χ0n) is 10.6. The molecule has 1 N–H and O–H groups in total. The molecule has 0 aromatic heterocycles. The molecule has 0 unspecified atom stereocenters. The molecule has 0 saturated carbocycles. The van der Waals surface area contributed by atoms with Crippen molar-refractivity contribution < 1.29 is 9.18 Å². The van der Waals surface area contributed by atoms with Crippen molar-refractivity contribution in [3.8, 4) is 6.07 Å². The van der Waals surface area contributed by atoms with E-state index in [4.69, 9.17) is 16.9 Å². The van der Waals surface area contributed by atoms with E-state index >= 15 is 0 Å². The molecule has 0 heterocycles. The van der Waals surface area contributed by atoms with Gasteiger partial charge in [0.05, 0.1) is 5.56 Å². The third-order valence-electron chi connectivity index (χ3n) is 2.78. The number of benzene rings is 2. The summed E-state index contributed by atoms with van der Waals surface area (Å²) < 4.78 is 13.2. The number of hydrogen-bond donors (Lipinski definition) is 1. The number of carbonyl (C=O) groups is 1. The SMILES string of the molecule is Cc1cc(Cl)ccc1C(=O)Nc1ccc(F)c(C#N)c1. The fourth-order valence-electron chi connectivity index (χ4n) is 1.77. The number of nitrogens with zero attached hydrogens (tertiary/aromatic N) is 1. The highest BCUT2D eigenvalue weighted by Gasteiger charge is 2.11. The number of rotatable bonds is 2. The summed E-state index contributed by atoms with van der Waals surface area (Å²) in [6.07, 6.45) is 0. The first-order chi connectivity index (χ1) is 9.51. The molecular weight excluding hydrogens is 279 g/mol. The van der Waals surface area contributed by atoms with E-state index in [9.17, 15) is 9.18 Å². The average molecular weight is 289 g/mol. The van der Waals surface area contributed by atoms with Gasteiger partial charge in [-0.1, -0.05) is 11.6 Å². The van der Waals surface area contributed by atoms with Crippen molar-refractivity contribution >= 4 is 23.2 Å². The molecule has 3 nitrogen and oxygen atoms in total. The molecule has 0 saturated heterocycles. The normalized spacial score (nSPS) is 9.90. The Labute approximate surface area is 120 Å². The predicted molar refractivity (Wildman–Crippen MR) is 75.3 cm³/mol. The molecule has 0 spiro atoms. The van der Waals surface area contributed by atoms with Gasteiger partial charge in [-0.2, -0.15) is 5.26 Å². The van der Waals surface area contributed by atoms with Crippen molar-refractivity contribution in [1.29, 1.82) is 5.26 Å². The maximum Gasteiger partial charge on any atom is 0.255 e. The summed E-state index contributed by atoms with van der Waals surface area (Å²) in [6.45, 7) is 1.77. The first-order valence-electron chi connectivity index (χ1n) is 5.78. The third-order valence-corrected chi connectivity index (χ3v) is 3.01. The van der Waals surface area contributed by atoms with E-state index in [1.807, 2.05) is 0 Å². The van der Waals surface area contributed by atoms with Crippen molar-refractivity contribution in [2.75, 3.05) is 5.32 Å². The smallest absolute Gasteiger partial charge is 0.255 e. The van der Waals surface area contributed by atoms with E-state index in [-0.39, 0.29) is 11.5 Å². The fourth-order valence-corrected chi connectivity index (χ4v) is 2.00. The summed E-state index contributed by atoms with van der Waals surface area (Å²) in [7, 11) is 0. The molecule has 0 fully saturated rings. The first-order valence-corrected chi connectivity index (χ1v) is 6.16. The molecule has 0 bridgehead atoms. The zero-order chi connectivity index (χ0) is 14.7. The Balaban J connectivity index is 2.26. The number of halogens is 2. The van der Waals surface area contributed by atoms with Crippen LogP contribution in [0.2, 0.25) is 5.02 Å². The van der Waals surface area contributed by atoms with Crippen LogP contribution in [0.4, 0.5) is 10.1 Å². The zero-order valence-corrected chi connectivity index (χ0v) is 11.3. The quantitative estimate of drug-likeness (QED) is 0.911. The Morgan fingerprint density at radius 2 is 2.05 bits per heavy atom. The molecule has 5 heteroatoms. The molecule has 2 rings (SSSR count). The summed E-state index contributed by atoms with van der Waals surface area (Å²) in [6, 6.07) is 10.5. The van der Waals surface area contributed by atoms with Crippen molar-refractivity contribution in [2.45, 2.75) is 6.92 Å². The van der Waals surface area contributed by atoms with E-state index < -0.39 is 5.82 Å². The highest BCUT2D eigenvalue weighted by atomic mass is 35.5. The van der Waals surface area contributed by atoms with Gasteiger partial charge < -0.3 is 5.32 Å². The Bertz CT molecular complexity index is 722. The van der Waals surface area contributed by atoms with E-state index in [0.717, 1.165) is 11.6 Å². The minimum atomic E-state index is -0.617. The number of aryl methyl sites for hydroxylation is 1. The number of anilines is 1. The molecule has 0 aliphatic heterocycles. The second-order valence-electron chi connectivity index (χ2n) is 4.22. The van der Waals surface area contributed by atoms with Crippen molar-refractivity contribution in [3.05, 3.63) is 63.9 Å². The lowest BCUT2D eigenvalue weighted by Crippen LogP contribution is -2.13. The van der Waals surface area contributed by atoms with Crippen LogP contribution in [0.1, 0.15) is 21.5 Å². The Morgan fingerprint density at radius 3 is 2.70 bits per heavy atom. The van der Waals surface area contributed by atoms with Gasteiger partial charge in [-0.15, -0.1) is 0 Å². The van der Waals surface area contributed by atoms with Crippen LogP contribution in [0.25, 0.3) is 0 Å². The van der Waals surface area contributed by atoms with Crippen LogP contribution in [0.3, 0.4) is 0 Å². The molecule has 2 aromatic carbocycles. The van der Waals surface area contributed by atoms with Crippen LogP contribution in [0, 0.1) is 24.1 Å². The largest absolute Gasteiger partial charge is 0.322 e. The second kappa shape index (κ2) is 5.72. The van der Waals surface area contributed by atoms with Gasteiger partial charge in [-0.3, -0.25) is 4.79 Å². The maximum atomic E-state index is 13.2. The van der Waals surface area contributed by atoms with Crippen LogP contribution in [0.15, 0.2) is 36.4 Å². The van der Waals surface area contributed by atoms with E-state index in [1.54, 1.807) is 31.2 Å². The molecule has 0 radical (unpaired) electrons. The van der Waals surface area contributed by atoms with Gasteiger partial charge >= 0.3 is 0 Å². The highest BCUT2D eigenvalue weighted by Crippen LogP contribution is 2.18. The molecule has 20 heavy (non-hydrogen) atoms. The lowest BCUT2D eigenvalue weighted by molar-refractivity contribution is 0.102. The van der Waals surface area contributed by atoms with Gasteiger partial charge in [-0.25, -0.2) is 4.39 Å². The summed E-state index contributed by atoms with van der Waals surface area (Å²) in [4.78, 5) is 12.1. The Kier molecular flexibility index (Phi) is 4.02. The van der Waals surface area contributed by atoms with Gasteiger partial charge in [0.25, 0.3) is 5.91 Å². The summed E-state index contributed by atoms with van der Waals surface area (Å²) >= 11 is 5.83. The molecule has 0 aliphatic rings. The van der Waals surface area contributed by atoms with Crippen LogP contribution in [-0.4, -0.2) is 5.91 Å². The van der Waals surface area contributed by atoms with Gasteiger partial charge in [-0.05, 0) is 48.9 Å². The van der Waals surface area contributed by atoms with Crippen molar-refractivity contribution in [2.24, 2.45) is 0 Å². The van der Waals surface area contributed by atoms with Gasteiger partial charge in [0.2, 0.25) is 0 Å². The van der Waals surface area contributed by atoms with E-state index in [1.165, 1.54) is 12.1 Å². The lowest BCUT2D eigenvalue weighted by Gasteiger charge is -2.08. The average Bonchev–Trinajstić information content (AvgIpc) is 2.40. The number of nitrogens with one attached hydrogen (secondary N) is 1. The predicted octanol–water partition coefficient (Wildman–Crippen LogP) is 3.91. The maximum absolute atomic E-state index is 13.2. The Hall–Kier alpha value is -2.38. The van der Waals surface area contributed by atoms with E-state index in [0.29, 0.717) is 16.3 Å². The standard InChI is InChI=1S/C15H10ClFN2O/c1-9-6-11(16)2-4-13(9)15(20)19-12-3-5-14(17)10(7-12)8-18/h2-7H,1H3,(H,19,20). The molecule has 100 valence electrons. The van der Waals surface area contributed by atoms with Gasteiger partial charge in [0, 0.05) is 16.3 Å². The summed E-state index contributed by atoms with van der Waals surface area (Å²) in [5.41, 5.74) is 1.45. The highest BCUT2D eigenvalue weighted by molar-refractivity contribution is 6.30. The minimum Gasteiger partial charge on any atom is -0.322 e. The second-order valence-corrected chi connectivity index (χ2v) is 4.66. The Morgan fingerprint density at radius 1 is 1.30 bits per heavy atom. The number of hydrogen-bond acceptors (Lipinski definition) is 2. The molecule has 0 atom stereocenters. The van der Waals surface area contributed by atoms with E-state index in [2.05, 4.69) is 5.32 Å². The van der Waals surface area contributed by atoms with Gasteiger partial charge in [0.15, 0.2) is 0 Å². The van der Waals surface area contributed by atoms with Crippen LogP contribution in [0.5, 0.6) is 0 Å². The molecular formula is C15H10ClFN2O. The topological polar surface area (TPSA) is 52.9 Å². The van der Waals surface area contributed by atoms with Crippen molar-refractivity contribution in [1.82, 2.24) is 0 Å². The third kappa shape index (κ3) is 2.95.